The standard InChI is InChI=1S/C19H20N2O/c1-3-14-21-17-13-9-8-12-16(17)20-19(21)18(4-2)22-15-10-6-5-7-11-15/h3,5-13,18H,1,4,14H2,2H3/t18-/m0/s1. The van der Waals surface area contributed by atoms with Gasteiger partial charge in [-0.3, -0.25) is 0 Å². The molecule has 0 saturated heterocycles. The smallest absolute Gasteiger partial charge is 0.156 e. The van der Waals surface area contributed by atoms with Gasteiger partial charge >= 0.3 is 0 Å². The fourth-order valence-corrected chi connectivity index (χ4v) is 2.64. The molecule has 22 heavy (non-hydrogen) atoms. The Hall–Kier alpha value is -2.55. The van der Waals surface area contributed by atoms with E-state index in [0.717, 1.165) is 35.6 Å². The predicted octanol–water partition coefficient (Wildman–Crippen LogP) is 4.75. The molecule has 3 aromatic rings. The molecule has 0 amide bonds. The van der Waals surface area contributed by atoms with Crippen LogP contribution in [0, 0.1) is 0 Å². The van der Waals surface area contributed by atoms with Crippen molar-refractivity contribution >= 4 is 11.0 Å². The first-order chi connectivity index (χ1) is 10.8. The molecule has 0 fully saturated rings. The molecule has 0 saturated carbocycles. The lowest BCUT2D eigenvalue weighted by atomic mass is 10.2. The Morgan fingerprint density at radius 2 is 1.86 bits per heavy atom. The van der Waals surface area contributed by atoms with Gasteiger partial charge < -0.3 is 9.30 Å². The van der Waals surface area contributed by atoms with Gasteiger partial charge in [0.1, 0.15) is 5.75 Å². The van der Waals surface area contributed by atoms with Gasteiger partial charge in [0.15, 0.2) is 11.9 Å². The molecule has 0 N–H and O–H groups in total. The SMILES string of the molecule is C=CCn1c([C@H](CC)Oc2ccccc2)nc2ccccc21. The van der Waals surface area contributed by atoms with Crippen molar-refractivity contribution in [3.8, 4) is 5.75 Å². The average molecular weight is 292 g/mol. The summed E-state index contributed by atoms with van der Waals surface area (Å²) in [6.07, 6.45) is 2.68. The van der Waals surface area contributed by atoms with Crippen LogP contribution in [-0.4, -0.2) is 9.55 Å². The summed E-state index contributed by atoms with van der Waals surface area (Å²) in [4.78, 5) is 4.79. The van der Waals surface area contributed by atoms with Gasteiger partial charge in [-0.25, -0.2) is 4.98 Å². The van der Waals surface area contributed by atoms with Gasteiger partial charge in [0.05, 0.1) is 11.0 Å². The first-order valence-corrected chi connectivity index (χ1v) is 7.61. The minimum absolute atomic E-state index is 0.0743. The zero-order valence-corrected chi connectivity index (χ0v) is 12.8. The minimum Gasteiger partial charge on any atom is -0.483 e. The number of ether oxygens (including phenoxy) is 1. The normalized spacial score (nSPS) is 12.2. The fraction of sp³-hybridized carbons (Fsp3) is 0.211. The number of rotatable bonds is 6. The summed E-state index contributed by atoms with van der Waals surface area (Å²) in [7, 11) is 0. The number of imidazole rings is 1. The van der Waals surface area contributed by atoms with Crippen LogP contribution in [0.1, 0.15) is 25.3 Å². The van der Waals surface area contributed by atoms with Crippen molar-refractivity contribution in [1.82, 2.24) is 9.55 Å². The van der Waals surface area contributed by atoms with E-state index < -0.39 is 0 Å². The van der Waals surface area contributed by atoms with Gasteiger partial charge in [0.2, 0.25) is 0 Å². The van der Waals surface area contributed by atoms with Crippen molar-refractivity contribution in [1.29, 1.82) is 0 Å². The summed E-state index contributed by atoms with van der Waals surface area (Å²) in [5.41, 5.74) is 2.11. The van der Waals surface area contributed by atoms with Crippen LogP contribution in [0.5, 0.6) is 5.75 Å². The lowest BCUT2D eigenvalue weighted by molar-refractivity contribution is 0.187. The van der Waals surface area contributed by atoms with Crippen LogP contribution in [0.2, 0.25) is 0 Å². The van der Waals surface area contributed by atoms with E-state index in [0.29, 0.717) is 0 Å². The van der Waals surface area contributed by atoms with Crippen LogP contribution in [0.15, 0.2) is 67.3 Å². The Morgan fingerprint density at radius 3 is 2.59 bits per heavy atom. The van der Waals surface area contributed by atoms with E-state index in [1.165, 1.54) is 0 Å². The quantitative estimate of drug-likeness (QED) is 0.613. The van der Waals surface area contributed by atoms with Crippen molar-refractivity contribution < 1.29 is 4.74 Å². The van der Waals surface area contributed by atoms with E-state index in [1.807, 2.05) is 54.6 Å². The van der Waals surface area contributed by atoms with Crippen LogP contribution >= 0.6 is 0 Å². The van der Waals surface area contributed by atoms with E-state index >= 15 is 0 Å². The molecular weight excluding hydrogens is 272 g/mol. The van der Waals surface area contributed by atoms with Gasteiger partial charge in [-0.2, -0.15) is 0 Å². The molecule has 2 aromatic carbocycles. The number of nitrogens with zero attached hydrogens (tertiary/aromatic N) is 2. The van der Waals surface area contributed by atoms with Crippen LogP contribution in [-0.2, 0) is 6.54 Å². The molecule has 0 spiro atoms. The second kappa shape index (κ2) is 6.48. The molecular formula is C19H20N2O. The third-order valence-electron chi connectivity index (χ3n) is 3.68. The second-order valence-corrected chi connectivity index (χ2v) is 5.19. The summed E-state index contributed by atoms with van der Waals surface area (Å²) in [6.45, 7) is 6.71. The van der Waals surface area contributed by atoms with Gasteiger partial charge in [-0.1, -0.05) is 43.3 Å². The van der Waals surface area contributed by atoms with E-state index in [4.69, 9.17) is 9.72 Å². The maximum absolute atomic E-state index is 6.15. The molecule has 3 rings (SSSR count). The zero-order chi connectivity index (χ0) is 15.4. The molecule has 0 aliphatic carbocycles. The number of allylic oxidation sites excluding steroid dienone is 1. The Balaban J connectivity index is 2.02. The monoisotopic (exact) mass is 292 g/mol. The van der Waals surface area contributed by atoms with E-state index in [1.54, 1.807) is 0 Å². The first-order valence-electron chi connectivity index (χ1n) is 7.61. The maximum atomic E-state index is 6.15. The highest BCUT2D eigenvalue weighted by molar-refractivity contribution is 5.76. The average Bonchev–Trinajstić information content (AvgIpc) is 2.93. The summed E-state index contributed by atoms with van der Waals surface area (Å²) < 4.78 is 8.33. The molecule has 112 valence electrons. The minimum atomic E-state index is -0.0743. The van der Waals surface area contributed by atoms with Crippen LogP contribution in [0.25, 0.3) is 11.0 Å². The van der Waals surface area contributed by atoms with Crippen molar-refractivity contribution in [2.45, 2.75) is 26.0 Å². The maximum Gasteiger partial charge on any atom is 0.156 e. The Kier molecular flexibility index (Phi) is 4.24. The molecule has 1 heterocycles. The second-order valence-electron chi connectivity index (χ2n) is 5.19. The molecule has 3 heteroatoms. The Labute approximate surface area is 130 Å². The molecule has 1 atom stereocenters. The van der Waals surface area contributed by atoms with Crippen molar-refractivity contribution in [3.63, 3.8) is 0 Å². The third kappa shape index (κ3) is 2.75. The number of hydrogen-bond donors (Lipinski definition) is 0. The first kappa shape index (κ1) is 14.4. The van der Waals surface area contributed by atoms with Crippen LogP contribution in [0.4, 0.5) is 0 Å². The van der Waals surface area contributed by atoms with Crippen molar-refractivity contribution in [2.24, 2.45) is 0 Å². The van der Waals surface area contributed by atoms with Crippen LogP contribution < -0.4 is 4.74 Å². The van der Waals surface area contributed by atoms with Crippen LogP contribution in [0.3, 0.4) is 0 Å². The molecule has 0 unspecified atom stereocenters. The summed E-state index contributed by atoms with van der Waals surface area (Å²) in [5, 5.41) is 0. The number of fused-ring (bicyclic) bond motifs is 1. The lowest BCUT2D eigenvalue weighted by Crippen LogP contribution is -2.13. The van der Waals surface area contributed by atoms with Gasteiger partial charge in [0.25, 0.3) is 0 Å². The number of benzene rings is 2. The number of para-hydroxylation sites is 3. The highest BCUT2D eigenvalue weighted by Crippen LogP contribution is 2.27. The van der Waals surface area contributed by atoms with E-state index in [9.17, 15) is 0 Å². The topological polar surface area (TPSA) is 27.1 Å². The fourth-order valence-electron chi connectivity index (χ4n) is 2.64. The van der Waals surface area contributed by atoms with Gasteiger partial charge in [0, 0.05) is 6.54 Å². The summed E-state index contributed by atoms with van der Waals surface area (Å²) in [6, 6.07) is 18.1. The molecule has 0 aliphatic rings. The molecule has 3 nitrogen and oxygen atoms in total. The predicted molar refractivity (Wildman–Crippen MR) is 90.0 cm³/mol. The molecule has 0 radical (unpaired) electrons. The zero-order valence-electron chi connectivity index (χ0n) is 12.8. The lowest BCUT2D eigenvalue weighted by Gasteiger charge is -2.18. The number of hydrogen-bond acceptors (Lipinski definition) is 2. The molecule has 0 aliphatic heterocycles. The molecule has 0 bridgehead atoms. The highest BCUT2D eigenvalue weighted by Gasteiger charge is 2.19. The van der Waals surface area contributed by atoms with E-state index in [-0.39, 0.29) is 6.10 Å². The van der Waals surface area contributed by atoms with Gasteiger partial charge in [-0.15, -0.1) is 6.58 Å². The third-order valence-corrected chi connectivity index (χ3v) is 3.68. The highest BCUT2D eigenvalue weighted by atomic mass is 16.5. The Bertz CT molecular complexity index is 761. The summed E-state index contributed by atoms with van der Waals surface area (Å²) in [5.74, 6) is 1.82. The van der Waals surface area contributed by atoms with Gasteiger partial charge in [-0.05, 0) is 30.7 Å². The van der Waals surface area contributed by atoms with Crippen molar-refractivity contribution in [2.75, 3.05) is 0 Å². The largest absolute Gasteiger partial charge is 0.483 e. The van der Waals surface area contributed by atoms with E-state index in [2.05, 4.69) is 24.1 Å². The Morgan fingerprint density at radius 1 is 1.14 bits per heavy atom. The number of aromatic nitrogens is 2. The summed E-state index contributed by atoms with van der Waals surface area (Å²) >= 11 is 0. The molecule has 1 aromatic heterocycles. The van der Waals surface area contributed by atoms with Crippen molar-refractivity contribution in [3.05, 3.63) is 73.1 Å².